The number of hydrogen-bond acceptors (Lipinski definition) is 4. The van der Waals surface area contributed by atoms with E-state index in [1.54, 1.807) is 6.07 Å². The molecule has 0 aliphatic carbocycles. The highest BCUT2D eigenvalue weighted by atomic mass is 19.1. The number of rotatable bonds is 5. The average molecular weight is 422 g/mol. The van der Waals surface area contributed by atoms with Gasteiger partial charge in [-0.1, -0.05) is 42.5 Å². The Bertz CT molecular complexity index is 1270. The summed E-state index contributed by atoms with van der Waals surface area (Å²) in [5.74, 6) is -3.04. The molecule has 1 aliphatic heterocycles. The molecule has 0 bridgehead atoms. The average Bonchev–Trinajstić information content (AvgIpc) is 2.75. The van der Waals surface area contributed by atoms with E-state index in [9.17, 15) is 23.6 Å². The zero-order valence-corrected chi connectivity index (χ0v) is 16.4. The number of anilines is 2. The second kappa shape index (κ2) is 8.39. The van der Waals surface area contributed by atoms with E-state index in [0.717, 1.165) is 5.56 Å². The lowest BCUT2D eigenvalue weighted by Gasteiger charge is -2.26. The maximum Gasteiger partial charge on any atom is 0.329 e. The number of nitrogens with zero attached hydrogens (tertiary/aromatic N) is 1. The first-order chi connectivity index (χ1) is 14.9. The lowest BCUT2D eigenvalue weighted by molar-refractivity contribution is -0.123. The molecule has 1 aromatic heterocycles. The number of fused-ring (bicyclic) bond motifs is 1. The SMILES string of the molecule is O=C1CC(C(=O)Nc2ccccc2F)c2c(n(CCc3ccccc3)c(=O)[nH]c2=O)N1. The number of benzene rings is 2. The minimum atomic E-state index is -1.17. The molecule has 0 radical (unpaired) electrons. The molecule has 3 N–H and O–H groups in total. The number of H-pyrrole nitrogens is 1. The van der Waals surface area contributed by atoms with Crippen molar-refractivity contribution in [3.05, 3.63) is 92.4 Å². The van der Waals surface area contributed by atoms with E-state index in [0.29, 0.717) is 6.42 Å². The van der Waals surface area contributed by atoms with Crippen molar-refractivity contribution >= 4 is 23.3 Å². The molecule has 8 nitrogen and oxygen atoms in total. The van der Waals surface area contributed by atoms with Gasteiger partial charge in [-0.15, -0.1) is 0 Å². The van der Waals surface area contributed by atoms with Crippen LogP contribution >= 0.6 is 0 Å². The molecule has 0 saturated heterocycles. The summed E-state index contributed by atoms with van der Waals surface area (Å²) in [6.07, 6.45) is 0.175. The van der Waals surface area contributed by atoms with Crippen LogP contribution in [-0.4, -0.2) is 21.4 Å². The summed E-state index contributed by atoms with van der Waals surface area (Å²) in [7, 11) is 0. The molecule has 0 spiro atoms. The Morgan fingerprint density at radius 2 is 1.77 bits per heavy atom. The smallest absolute Gasteiger partial charge is 0.323 e. The van der Waals surface area contributed by atoms with Gasteiger partial charge < -0.3 is 10.6 Å². The molecule has 3 aromatic rings. The third-order valence-corrected chi connectivity index (χ3v) is 5.15. The van der Waals surface area contributed by atoms with Crippen molar-refractivity contribution in [2.24, 2.45) is 0 Å². The summed E-state index contributed by atoms with van der Waals surface area (Å²) in [5.41, 5.74) is -0.569. The molecule has 2 amide bonds. The fourth-order valence-electron chi connectivity index (χ4n) is 3.62. The van der Waals surface area contributed by atoms with Crippen LogP contribution in [0.15, 0.2) is 64.2 Å². The van der Waals surface area contributed by atoms with E-state index < -0.39 is 34.8 Å². The molecule has 4 rings (SSSR count). The van der Waals surface area contributed by atoms with Gasteiger partial charge in [0.15, 0.2) is 0 Å². The van der Waals surface area contributed by atoms with Crippen LogP contribution in [0.5, 0.6) is 0 Å². The van der Waals surface area contributed by atoms with E-state index in [2.05, 4.69) is 15.6 Å². The fourth-order valence-corrected chi connectivity index (χ4v) is 3.62. The summed E-state index contributed by atoms with van der Waals surface area (Å²) >= 11 is 0. The lowest BCUT2D eigenvalue weighted by atomic mass is 9.92. The minimum Gasteiger partial charge on any atom is -0.323 e. The Labute approximate surface area is 175 Å². The molecular weight excluding hydrogens is 403 g/mol. The third kappa shape index (κ3) is 4.16. The molecule has 1 atom stereocenters. The normalized spacial score (nSPS) is 15.1. The van der Waals surface area contributed by atoms with Crippen LogP contribution in [0.4, 0.5) is 15.9 Å². The van der Waals surface area contributed by atoms with Gasteiger partial charge in [-0.05, 0) is 24.1 Å². The van der Waals surface area contributed by atoms with Crippen LogP contribution in [0, 0.1) is 5.82 Å². The Balaban J connectivity index is 1.70. The standard InChI is InChI=1S/C22H19FN4O4/c23-15-8-4-5-9-16(15)24-20(29)14-12-17(28)25-19-18(14)21(30)26-22(31)27(19)11-10-13-6-2-1-3-7-13/h1-9,14H,10-12H2,(H,24,29)(H,25,28)(H,26,30,31). The predicted octanol–water partition coefficient (Wildman–Crippen LogP) is 1.98. The first-order valence-electron chi connectivity index (χ1n) is 9.70. The number of nitrogens with one attached hydrogen (secondary N) is 3. The topological polar surface area (TPSA) is 113 Å². The molecule has 2 aromatic carbocycles. The van der Waals surface area contributed by atoms with Crippen LogP contribution in [0.1, 0.15) is 23.5 Å². The number of hydrogen-bond donors (Lipinski definition) is 3. The molecular formula is C22H19FN4O4. The number of para-hydroxylation sites is 1. The van der Waals surface area contributed by atoms with Crippen molar-refractivity contribution in [1.29, 1.82) is 0 Å². The molecule has 1 aliphatic rings. The lowest BCUT2D eigenvalue weighted by Crippen LogP contribution is -2.42. The van der Waals surface area contributed by atoms with Gasteiger partial charge in [0.1, 0.15) is 11.6 Å². The van der Waals surface area contributed by atoms with E-state index in [1.807, 2.05) is 30.3 Å². The molecule has 158 valence electrons. The Hall–Kier alpha value is -4.01. The van der Waals surface area contributed by atoms with Gasteiger partial charge in [-0.2, -0.15) is 0 Å². The van der Waals surface area contributed by atoms with Crippen molar-refractivity contribution in [3.8, 4) is 0 Å². The molecule has 0 saturated carbocycles. The number of aromatic nitrogens is 2. The minimum absolute atomic E-state index is 0.00499. The maximum atomic E-state index is 13.9. The highest BCUT2D eigenvalue weighted by Gasteiger charge is 2.35. The summed E-state index contributed by atoms with van der Waals surface area (Å²) in [6, 6.07) is 15.0. The zero-order valence-electron chi connectivity index (χ0n) is 16.4. The van der Waals surface area contributed by atoms with E-state index in [4.69, 9.17) is 0 Å². The number of amides is 2. The van der Waals surface area contributed by atoms with Crippen molar-refractivity contribution in [1.82, 2.24) is 9.55 Å². The summed E-state index contributed by atoms with van der Waals surface area (Å²) in [6.45, 7) is 0.184. The van der Waals surface area contributed by atoms with Crippen LogP contribution in [-0.2, 0) is 22.6 Å². The molecule has 0 fully saturated rings. The Morgan fingerprint density at radius 1 is 1.06 bits per heavy atom. The summed E-state index contributed by atoms with van der Waals surface area (Å²) in [5, 5.41) is 4.98. The highest BCUT2D eigenvalue weighted by Crippen LogP contribution is 2.30. The summed E-state index contributed by atoms with van der Waals surface area (Å²) in [4.78, 5) is 52.4. The number of aryl methyl sites for hydroxylation is 1. The van der Waals surface area contributed by atoms with Gasteiger partial charge in [0.05, 0.1) is 17.2 Å². The first kappa shape index (κ1) is 20.3. The largest absolute Gasteiger partial charge is 0.329 e. The third-order valence-electron chi connectivity index (χ3n) is 5.15. The monoisotopic (exact) mass is 422 g/mol. The highest BCUT2D eigenvalue weighted by molar-refractivity contribution is 6.04. The molecule has 1 unspecified atom stereocenters. The predicted molar refractivity (Wildman–Crippen MR) is 112 cm³/mol. The van der Waals surface area contributed by atoms with Crippen molar-refractivity contribution < 1.29 is 14.0 Å². The Morgan fingerprint density at radius 3 is 2.52 bits per heavy atom. The number of aromatic amines is 1. The van der Waals surface area contributed by atoms with Gasteiger partial charge >= 0.3 is 5.69 Å². The molecule has 9 heteroatoms. The number of halogens is 1. The van der Waals surface area contributed by atoms with Crippen molar-refractivity contribution in [3.63, 3.8) is 0 Å². The van der Waals surface area contributed by atoms with Crippen LogP contribution < -0.4 is 21.9 Å². The van der Waals surface area contributed by atoms with Crippen LogP contribution in [0.25, 0.3) is 0 Å². The van der Waals surface area contributed by atoms with Crippen LogP contribution in [0.2, 0.25) is 0 Å². The summed E-state index contributed by atoms with van der Waals surface area (Å²) < 4.78 is 15.2. The van der Waals surface area contributed by atoms with Gasteiger partial charge in [0, 0.05) is 13.0 Å². The second-order valence-corrected chi connectivity index (χ2v) is 7.18. The van der Waals surface area contributed by atoms with Gasteiger partial charge in [-0.25, -0.2) is 9.18 Å². The fraction of sp³-hybridized carbons (Fsp3) is 0.182. The van der Waals surface area contributed by atoms with Gasteiger partial charge in [0.25, 0.3) is 5.56 Å². The quantitative estimate of drug-likeness (QED) is 0.584. The second-order valence-electron chi connectivity index (χ2n) is 7.18. The molecule has 31 heavy (non-hydrogen) atoms. The molecule has 2 heterocycles. The van der Waals surface area contributed by atoms with Crippen molar-refractivity contribution in [2.45, 2.75) is 25.3 Å². The number of carbonyl (C=O) groups is 2. The first-order valence-corrected chi connectivity index (χ1v) is 9.70. The van der Waals surface area contributed by atoms with E-state index in [-0.39, 0.29) is 30.0 Å². The maximum absolute atomic E-state index is 13.9. The zero-order chi connectivity index (χ0) is 22.0. The van der Waals surface area contributed by atoms with Crippen molar-refractivity contribution in [2.75, 3.05) is 10.6 Å². The van der Waals surface area contributed by atoms with Gasteiger partial charge in [-0.3, -0.25) is 23.9 Å². The van der Waals surface area contributed by atoms with Gasteiger partial charge in [0.2, 0.25) is 11.8 Å². The van der Waals surface area contributed by atoms with Crippen LogP contribution in [0.3, 0.4) is 0 Å². The van der Waals surface area contributed by atoms with E-state index in [1.165, 1.54) is 22.8 Å². The Kier molecular flexibility index (Phi) is 5.48. The number of carbonyl (C=O) groups excluding carboxylic acids is 2. The van der Waals surface area contributed by atoms with E-state index >= 15 is 0 Å².